The summed E-state index contributed by atoms with van der Waals surface area (Å²) in [6, 6.07) is 10.7. The highest BCUT2D eigenvalue weighted by molar-refractivity contribution is 7.98. The number of fused-ring (bicyclic) bond motifs is 1. The number of hydrogen-bond acceptors (Lipinski definition) is 7. The van der Waals surface area contributed by atoms with E-state index in [9.17, 15) is 8.42 Å². The van der Waals surface area contributed by atoms with Crippen LogP contribution in [0.3, 0.4) is 0 Å². The number of benzene rings is 1. The number of aryl methyl sites for hydroxylation is 1. The lowest BCUT2D eigenvalue weighted by molar-refractivity contribution is 0.346. The molecule has 0 spiro atoms. The lowest BCUT2D eigenvalue weighted by Gasteiger charge is -2.25. The highest BCUT2D eigenvalue weighted by Crippen LogP contribution is 2.28. The van der Waals surface area contributed by atoms with E-state index >= 15 is 0 Å². The largest absolute Gasteiger partial charge is 0.411 e. The van der Waals surface area contributed by atoms with Crippen molar-refractivity contribution in [3.05, 3.63) is 60.0 Å². The van der Waals surface area contributed by atoms with Crippen molar-refractivity contribution in [2.24, 2.45) is 0 Å². The lowest BCUT2D eigenvalue weighted by Crippen LogP contribution is -2.35. The van der Waals surface area contributed by atoms with Crippen LogP contribution >= 0.6 is 11.8 Å². The zero-order chi connectivity index (χ0) is 22.1. The van der Waals surface area contributed by atoms with Crippen molar-refractivity contribution in [2.45, 2.75) is 42.1 Å². The molecule has 166 valence electrons. The van der Waals surface area contributed by atoms with Gasteiger partial charge in [-0.05, 0) is 49.6 Å². The second-order valence-corrected chi connectivity index (χ2v) is 10.7. The van der Waals surface area contributed by atoms with Gasteiger partial charge in [-0.2, -0.15) is 4.31 Å². The Labute approximate surface area is 190 Å². The Bertz CT molecular complexity index is 1360. The van der Waals surface area contributed by atoms with Crippen LogP contribution in [-0.2, 0) is 15.8 Å². The quantitative estimate of drug-likeness (QED) is 0.391. The van der Waals surface area contributed by atoms with Gasteiger partial charge in [-0.3, -0.25) is 0 Å². The molecule has 0 amide bonds. The minimum Gasteiger partial charge on any atom is -0.411 e. The Morgan fingerprint density at radius 1 is 1.06 bits per heavy atom. The molecular weight excluding hydrogens is 446 g/mol. The van der Waals surface area contributed by atoms with Gasteiger partial charge in [0.25, 0.3) is 5.22 Å². The van der Waals surface area contributed by atoms with Gasteiger partial charge in [-0.25, -0.2) is 13.4 Å². The van der Waals surface area contributed by atoms with Gasteiger partial charge in [-0.15, -0.1) is 10.2 Å². The average molecular weight is 470 g/mol. The molecule has 4 aromatic rings. The average Bonchev–Trinajstić information content (AvgIpc) is 3.45. The van der Waals surface area contributed by atoms with Crippen LogP contribution in [0.2, 0.25) is 0 Å². The van der Waals surface area contributed by atoms with E-state index in [1.54, 1.807) is 28.6 Å². The number of sulfonamides is 1. The Hall–Kier alpha value is -2.69. The van der Waals surface area contributed by atoms with E-state index in [-0.39, 0.29) is 4.90 Å². The number of thioether (sulfide) groups is 1. The van der Waals surface area contributed by atoms with Crippen LogP contribution in [0.5, 0.6) is 0 Å². The molecule has 0 bridgehead atoms. The van der Waals surface area contributed by atoms with Crippen molar-refractivity contribution < 1.29 is 12.8 Å². The first-order valence-electron chi connectivity index (χ1n) is 10.5. The Kier molecular flexibility index (Phi) is 5.75. The van der Waals surface area contributed by atoms with Crippen LogP contribution < -0.4 is 0 Å². The van der Waals surface area contributed by atoms with E-state index < -0.39 is 10.0 Å². The molecule has 1 saturated heterocycles. The van der Waals surface area contributed by atoms with E-state index in [0.29, 0.717) is 35.5 Å². The van der Waals surface area contributed by atoms with E-state index in [2.05, 4.69) is 15.2 Å². The van der Waals surface area contributed by atoms with Gasteiger partial charge in [0, 0.05) is 36.8 Å². The van der Waals surface area contributed by atoms with E-state index in [0.717, 1.165) is 30.6 Å². The maximum Gasteiger partial charge on any atom is 0.277 e. The third kappa shape index (κ3) is 4.30. The van der Waals surface area contributed by atoms with Crippen LogP contribution in [0.4, 0.5) is 0 Å². The summed E-state index contributed by atoms with van der Waals surface area (Å²) >= 11 is 1.40. The number of rotatable bonds is 6. The molecule has 1 aliphatic heterocycles. The molecule has 1 aliphatic rings. The normalized spacial score (nSPS) is 15.4. The molecule has 3 aromatic heterocycles. The van der Waals surface area contributed by atoms with Gasteiger partial charge < -0.3 is 8.82 Å². The molecule has 0 unspecified atom stereocenters. The summed E-state index contributed by atoms with van der Waals surface area (Å²) in [6.07, 6.45) is 6.89. The number of imidazole rings is 1. The Balaban J connectivity index is 1.31. The van der Waals surface area contributed by atoms with Gasteiger partial charge in [0.15, 0.2) is 0 Å². The van der Waals surface area contributed by atoms with E-state index in [1.807, 2.05) is 35.9 Å². The molecule has 10 heteroatoms. The van der Waals surface area contributed by atoms with Gasteiger partial charge in [0.05, 0.1) is 10.6 Å². The lowest BCUT2D eigenvalue weighted by atomic mass is 10.2. The number of pyridine rings is 1. The summed E-state index contributed by atoms with van der Waals surface area (Å²) in [5.74, 6) is 0.889. The van der Waals surface area contributed by atoms with Crippen LogP contribution in [0, 0.1) is 6.92 Å². The first kappa shape index (κ1) is 21.2. The monoisotopic (exact) mass is 469 g/mol. The second-order valence-electron chi connectivity index (χ2n) is 7.86. The van der Waals surface area contributed by atoms with E-state index in [4.69, 9.17) is 4.42 Å². The molecule has 1 fully saturated rings. The highest BCUT2D eigenvalue weighted by atomic mass is 32.2. The summed E-state index contributed by atoms with van der Waals surface area (Å²) in [6.45, 7) is 3.17. The molecular formula is C22H23N5O3S2. The van der Waals surface area contributed by atoms with Crippen molar-refractivity contribution in [2.75, 3.05) is 13.1 Å². The van der Waals surface area contributed by atoms with Gasteiger partial charge in [0.1, 0.15) is 5.65 Å². The van der Waals surface area contributed by atoms with Gasteiger partial charge in [0.2, 0.25) is 15.9 Å². The molecule has 0 radical (unpaired) electrons. The second kappa shape index (κ2) is 8.68. The first-order chi connectivity index (χ1) is 15.5. The zero-order valence-corrected chi connectivity index (χ0v) is 19.3. The number of hydrogen-bond donors (Lipinski definition) is 0. The van der Waals surface area contributed by atoms with Crippen LogP contribution in [0.15, 0.2) is 63.3 Å². The predicted molar refractivity (Wildman–Crippen MR) is 122 cm³/mol. The number of nitrogens with zero attached hydrogens (tertiary/aromatic N) is 5. The Morgan fingerprint density at radius 2 is 1.91 bits per heavy atom. The maximum absolute atomic E-state index is 13.0. The van der Waals surface area contributed by atoms with Crippen LogP contribution in [0.25, 0.3) is 17.1 Å². The molecule has 5 rings (SSSR count). The predicted octanol–water partition coefficient (Wildman–Crippen LogP) is 4.16. The molecule has 4 heterocycles. The fraction of sp³-hybridized carbons (Fsp3) is 0.318. The van der Waals surface area contributed by atoms with Crippen molar-refractivity contribution in [1.82, 2.24) is 23.9 Å². The molecule has 0 atom stereocenters. The number of aromatic nitrogens is 4. The van der Waals surface area contributed by atoms with Gasteiger partial charge >= 0.3 is 0 Å². The molecule has 0 N–H and O–H groups in total. The highest BCUT2D eigenvalue weighted by Gasteiger charge is 2.26. The minimum absolute atomic E-state index is 0.254. The standard InChI is InChI=1S/C22H23N5O3S2/c1-16-8-9-20-23-18(14-26(20)13-16)15-31-22-25-24-21(30-22)17-6-5-7-19(12-17)32(28,29)27-10-3-2-4-11-27/h5-9,12-14H,2-4,10-11,15H2,1H3. The molecule has 0 aliphatic carbocycles. The van der Waals surface area contributed by atoms with Crippen molar-refractivity contribution in [3.63, 3.8) is 0 Å². The Morgan fingerprint density at radius 3 is 2.75 bits per heavy atom. The fourth-order valence-electron chi connectivity index (χ4n) is 3.79. The minimum atomic E-state index is -3.52. The SMILES string of the molecule is Cc1ccc2nc(CSc3nnc(-c4cccc(S(=O)(=O)N5CCCCC5)c4)o3)cn2c1. The molecule has 1 aromatic carbocycles. The summed E-state index contributed by atoms with van der Waals surface area (Å²) in [7, 11) is -3.52. The summed E-state index contributed by atoms with van der Waals surface area (Å²) in [5.41, 5.74) is 3.56. The zero-order valence-electron chi connectivity index (χ0n) is 17.6. The molecule has 0 saturated carbocycles. The van der Waals surface area contributed by atoms with E-state index in [1.165, 1.54) is 17.3 Å². The first-order valence-corrected chi connectivity index (χ1v) is 12.9. The summed E-state index contributed by atoms with van der Waals surface area (Å²) < 4.78 is 35.3. The van der Waals surface area contributed by atoms with Crippen molar-refractivity contribution in [3.8, 4) is 11.5 Å². The van der Waals surface area contributed by atoms with Gasteiger partial charge in [-0.1, -0.05) is 30.3 Å². The third-order valence-electron chi connectivity index (χ3n) is 5.43. The summed E-state index contributed by atoms with van der Waals surface area (Å²) in [5, 5.41) is 8.64. The topological polar surface area (TPSA) is 93.6 Å². The summed E-state index contributed by atoms with van der Waals surface area (Å²) in [4.78, 5) is 4.85. The maximum atomic E-state index is 13.0. The fourth-order valence-corrected chi connectivity index (χ4v) is 6.00. The third-order valence-corrected chi connectivity index (χ3v) is 8.18. The van der Waals surface area contributed by atoms with Crippen LogP contribution in [-0.4, -0.2) is 45.4 Å². The number of piperidine rings is 1. The smallest absolute Gasteiger partial charge is 0.277 e. The van der Waals surface area contributed by atoms with Crippen LogP contribution in [0.1, 0.15) is 30.5 Å². The molecule has 32 heavy (non-hydrogen) atoms. The van der Waals surface area contributed by atoms with Crippen molar-refractivity contribution in [1.29, 1.82) is 0 Å². The molecule has 8 nitrogen and oxygen atoms in total. The van der Waals surface area contributed by atoms with Crippen molar-refractivity contribution >= 4 is 27.4 Å².